The van der Waals surface area contributed by atoms with Crippen LogP contribution in [0.25, 0.3) is 5.65 Å². The van der Waals surface area contributed by atoms with Gasteiger partial charge >= 0.3 is 5.97 Å². The number of nitrogens with zero attached hydrogens (tertiary/aromatic N) is 3. The first-order valence-corrected chi connectivity index (χ1v) is 9.21. The number of esters is 1. The van der Waals surface area contributed by atoms with E-state index in [-0.39, 0.29) is 17.7 Å². The average Bonchev–Trinajstić information content (AvgIpc) is 3.42. The van der Waals surface area contributed by atoms with Crippen LogP contribution in [0.4, 0.5) is 0 Å². The van der Waals surface area contributed by atoms with Crippen LogP contribution >= 0.6 is 0 Å². The van der Waals surface area contributed by atoms with Crippen molar-refractivity contribution in [1.29, 1.82) is 0 Å². The lowest BCUT2D eigenvalue weighted by Crippen LogP contribution is -2.27. The largest absolute Gasteiger partial charge is 0.462 e. The Labute approximate surface area is 156 Å². The number of benzene rings is 1. The van der Waals surface area contributed by atoms with Crippen molar-refractivity contribution in [2.24, 2.45) is 0 Å². The van der Waals surface area contributed by atoms with Gasteiger partial charge in [0.25, 0.3) is 5.56 Å². The lowest BCUT2D eigenvalue weighted by atomic mass is 10.2. The molecule has 1 fully saturated rings. The number of hydrogen-bond acceptors (Lipinski definition) is 5. The minimum absolute atomic E-state index is 0.235. The van der Waals surface area contributed by atoms with Gasteiger partial charge in [0.05, 0.1) is 12.3 Å². The zero-order valence-electron chi connectivity index (χ0n) is 15.2. The molecule has 0 saturated heterocycles. The van der Waals surface area contributed by atoms with Crippen LogP contribution in [0.1, 0.15) is 41.4 Å². The molecule has 7 nitrogen and oxygen atoms in total. The van der Waals surface area contributed by atoms with Crippen LogP contribution in [0.5, 0.6) is 0 Å². The standard InChI is InChI=1S/C20H22N4O3/c1-2-27-20(26)17-11-21-24-18(25)10-15(22-19(17)24)13-23(16-8-9-16)12-14-6-4-3-5-7-14/h3-7,10-11,16,21H,2,8-9,12-13H2,1H3. The molecule has 0 aliphatic heterocycles. The maximum atomic E-state index is 12.4. The Balaban J connectivity index is 1.63. The lowest BCUT2D eigenvalue weighted by molar-refractivity contribution is 0.0528. The van der Waals surface area contributed by atoms with E-state index in [1.165, 1.54) is 22.3 Å². The molecule has 4 rings (SSSR count). The van der Waals surface area contributed by atoms with Gasteiger partial charge in [-0.1, -0.05) is 30.3 Å². The molecule has 1 N–H and O–H groups in total. The van der Waals surface area contributed by atoms with E-state index in [1.54, 1.807) is 6.92 Å². The van der Waals surface area contributed by atoms with Crippen molar-refractivity contribution in [1.82, 2.24) is 19.5 Å². The Hall–Kier alpha value is -2.93. The number of aromatic amines is 1. The van der Waals surface area contributed by atoms with E-state index >= 15 is 0 Å². The molecule has 2 heterocycles. The molecule has 27 heavy (non-hydrogen) atoms. The van der Waals surface area contributed by atoms with Crippen molar-refractivity contribution in [2.45, 2.75) is 38.9 Å². The molecule has 7 heteroatoms. The van der Waals surface area contributed by atoms with Crippen molar-refractivity contribution in [2.75, 3.05) is 6.61 Å². The van der Waals surface area contributed by atoms with Crippen molar-refractivity contribution >= 4 is 11.6 Å². The average molecular weight is 366 g/mol. The minimum atomic E-state index is -0.483. The van der Waals surface area contributed by atoms with Crippen LogP contribution in [-0.2, 0) is 17.8 Å². The molecule has 0 amide bonds. The van der Waals surface area contributed by atoms with Crippen LogP contribution in [-0.4, -0.2) is 38.1 Å². The molecule has 1 aliphatic rings. The third-order valence-corrected chi connectivity index (χ3v) is 4.70. The molecule has 1 saturated carbocycles. The van der Waals surface area contributed by atoms with Crippen LogP contribution < -0.4 is 5.56 Å². The Bertz CT molecular complexity index is 1000. The van der Waals surface area contributed by atoms with E-state index in [0.717, 1.165) is 19.4 Å². The highest BCUT2D eigenvalue weighted by molar-refractivity contribution is 5.95. The summed E-state index contributed by atoms with van der Waals surface area (Å²) in [5.41, 5.74) is 2.24. The maximum Gasteiger partial charge on any atom is 0.343 e. The Morgan fingerprint density at radius 1 is 1.30 bits per heavy atom. The number of fused-ring (bicyclic) bond motifs is 1. The fourth-order valence-electron chi connectivity index (χ4n) is 3.25. The molecule has 0 unspecified atom stereocenters. The molecule has 1 aromatic carbocycles. The van der Waals surface area contributed by atoms with E-state index in [9.17, 15) is 9.59 Å². The number of ether oxygens (including phenoxy) is 1. The Morgan fingerprint density at radius 3 is 2.78 bits per heavy atom. The van der Waals surface area contributed by atoms with E-state index < -0.39 is 5.97 Å². The summed E-state index contributed by atoms with van der Waals surface area (Å²) in [7, 11) is 0. The molecule has 2 aromatic heterocycles. The number of carbonyl (C=O) groups is 1. The van der Waals surface area contributed by atoms with Gasteiger partial charge in [-0.2, -0.15) is 0 Å². The predicted octanol–water partition coefficient (Wildman–Crippen LogP) is 2.36. The first-order valence-electron chi connectivity index (χ1n) is 9.21. The molecule has 1 aliphatic carbocycles. The first-order chi connectivity index (χ1) is 13.2. The van der Waals surface area contributed by atoms with E-state index in [1.807, 2.05) is 18.2 Å². The van der Waals surface area contributed by atoms with Gasteiger partial charge in [-0.15, -0.1) is 0 Å². The van der Waals surface area contributed by atoms with Gasteiger partial charge in [0, 0.05) is 31.4 Å². The molecular weight excluding hydrogens is 344 g/mol. The molecule has 0 bridgehead atoms. The van der Waals surface area contributed by atoms with Crippen LogP contribution in [0.3, 0.4) is 0 Å². The molecular formula is C20H22N4O3. The fraction of sp³-hybridized carbons (Fsp3) is 0.350. The Kier molecular flexibility index (Phi) is 4.77. The second kappa shape index (κ2) is 7.36. The summed E-state index contributed by atoms with van der Waals surface area (Å²) in [5.74, 6) is -0.483. The maximum absolute atomic E-state index is 12.4. The van der Waals surface area contributed by atoms with Gasteiger partial charge in [-0.25, -0.2) is 14.3 Å². The highest BCUT2D eigenvalue weighted by atomic mass is 16.5. The summed E-state index contributed by atoms with van der Waals surface area (Å²) >= 11 is 0. The molecule has 0 atom stereocenters. The summed E-state index contributed by atoms with van der Waals surface area (Å²) < 4.78 is 6.33. The van der Waals surface area contributed by atoms with Gasteiger partial charge in [-0.05, 0) is 25.3 Å². The normalized spacial score (nSPS) is 14.0. The minimum Gasteiger partial charge on any atom is -0.462 e. The SMILES string of the molecule is CCOC(=O)c1c[nH]n2c(=O)cc(CN(Cc3ccccc3)C3CC3)nc12. The van der Waals surface area contributed by atoms with Crippen molar-refractivity contribution in [3.63, 3.8) is 0 Å². The van der Waals surface area contributed by atoms with Gasteiger partial charge in [0.15, 0.2) is 5.65 Å². The fourth-order valence-corrected chi connectivity index (χ4v) is 3.25. The molecule has 3 aromatic rings. The monoisotopic (exact) mass is 366 g/mol. The number of rotatable bonds is 7. The zero-order chi connectivity index (χ0) is 18.8. The molecule has 140 valence electrons. The highest BCUT2D eigenvalue weighted by Crippen LogP contribution is 2.29. The predicted molar refractivity (Wildman–Crippen MR) is 100 cm³/mol. The van der Waals surface area contributed by atoms with Crippen molar-refractivity contribution < 1.29 is 9.53 Å². The topological polar surface area (TPSA) is 79.7 Å². The third kappa shape index (κ3) is 3.78. The van der Waals surface area contributed by atoms with E-state index in [2.05, 4.69) is 27.1 Å². The Morgan fingerprint density at radius 2 is 2.07 bits per heavy atom. The highest BCUT2D eigenvalue weighted by Gasteiger charge is 2.29. The van der Waals surface area contributed by atoms with Gasteiger partial charge in [0.1, 0.15) is 5.56 Å². The van der Waals surface area contributed by atoms with Gasteiger partial charge in [-0.3, -0.25) is 14.8 Å². The van der Waals surface area contributed by atoms with Gasteiger partial charge < -0.3 is 4.74 Å². The van der Waals surface area contributed by atoms with Crippen LogP contribution in [0, 0.1) is 0 Å². The first kappa shape index (κ1) is 17.5. The van der Waals surface area contributed by atoms with Crippen LogP contribution in [0.15, 0.2) is 47.4 Å². The molecule has 0 spiro atoms. The summed E-state index contributed by atoms with van der Waals surface area (Å²) in [4.78, 5) is 31.5. The number of H-pyrrole nitrogens is 1. The summed E-state index contributed by atoms with van der Waals surface area (Å²) in [6.45, 7) is 3.39. The number of carbonyl (C=O) groups excluding carboxylic acids is 1. The number of hydrogen-bond donors (Lipinski definition) is 1. The molecule has 0 radical (unpaired) electrons. The lowest BCUT2D eigenvalue weighted by Gasteiger charge is -2.21. The van der Waals surface area contributed by atoms with Crippen molar-refractivity contribution in [3.8, 4) is 0 Å². The smallest absolute Gasteiger partial charge is 0.343 e. The van der Waals surface area contributed by atoms with E-state index in [4.69, 9.17) is 4.74 Å². The van der Waals surface area contributed by atoms with Gasteiger partial charge in [0.2, 0.25) is 0 Å². The second-order valence-corrected chi connectivity index (χ2v) is 6.77. The number of aromatic nitrogens is 3. The zero-order valence-corrected chi connectivity index (χ0v) is 15.2. The van der Waals surface area contributed by atoms with Crippen molar-refractivity contribution in [3.05, 3.63) is 69.8 Å². The van der Waals surface area contributed by atoms with Crippen LogP contribution in [0.2, 0.25) is 0 Å². The summed E-state index contributed by atoms with van der Waals surface area (Å²) in [6, 6.07) is 12.3. The third-order valence-electron chi connectivity index (χ3n) is 4.70. The summed E-state index contributed by atoms with van der Waals surface area (Å²) in [6.07, 6.45) is 3.78. The summed E-state index contributed by atoms with van der Waals surface area (Å²) in [5, 5.41) is 2.78. The second-order valence-electron chi connectivity index (χ2n) is 6.77. The van der Waals surface area contributed by atoms with E-state index in [0.29, 0.717) is 23.9 Å². The quantitative estimate of drug-likeness (QED) is 0.650. The number of nitrogens with one attached hydrogen (secondary N) is 1.